The van der Waals surface area contributed by atoms with Gasteiger partial charge < -0.3 is 14.8 Å². The highest BCUT2D eigenvalue weighted by molar-refractivity contribution is 6.03. The molecule has 0 bridgehead atoms. The number of likely N-dealkylation sites (tertiary alicyclic amines) is 1. The Morgan fingerprint density at radius 1 is 1.13 bits per heavy atom. The standard InChI is InChI=1S/C21H35N3O7/c1-15-10-18(28)24(19(15)29)8-6-16(26)23-31-11-17(27)22-12-21(4,5)14-30-13-20(2,3)7-9-25/h9,15H,6-8,10-14H2,1-5H3,(H,22,27)(H,23,26). The van der Waals surface area contributed by atoms with Gasteiger partial charge in [0, 0.05) is 43.7 Å². The highest BCUT2D eigenvalue weighted by Gasteiger charge is 2.35. The van der Waals surface area contributed by atoms with E-state index in [0.29, 0.717) is 26.2 Å². The van der Waals surface area contributed by atoms with E-state index in [1.807, 2.05) is 27.7 Å². The first-order chi connectivity index (χ1) is 14.4. The van der Waals surface area contributed by atoms with Crippen molar-refractivity contribution in [2.24, 2.45) is 16.7 Å². The Balaban J connectivity index is 2.20. The lowest BCUT2D eigenvalue weighted by molar-refractivity contribution is -0.141. The van der Waals surface area contributed by atoms with Gasteiger partial charge in [-0.3, -0.25) is 28.9 Å². The number of nitrogens with zero attached hydrogens (tertiary/aromatic N) is 1. The molecule has 1 fully saturated rings. The lowest BCUT2D eigenvalue weighted by atomic mass is 9.90. The van der Waals surface area contributed by atoms with Gasteiger partial charge in [-0.15, -0.1) is 0 Å². The molecular formula is C21H35N3O7. The van der Waals surface area contributed by atoms with Gasteiger partial charge in [-0.25, -0.2) is 5.48 Å². The molecule has 1 atom stereocenters. The molecule has 0 spiro atoms. The largest absolute Gasteiger partial charge is 0.380 e. The van der Waals surface area contributed by atoms with Crippen LogP contribution in [-0.2, 0) is 33.5 Å². The summed E-state index contributed by atoms with van der Waals surface area (Å²) in [5.41, 5.74) is 1.57. The first kappa shape index (κ1) is 26.7. The highest BCUT2D eigenvalue weighted by atomic mass is 16.7. The summed E-state index contributed by atoms with van der Waals surface area (Å²) in [6.45, 7) is 10.2. The maximum atomic E-state index is 11.9. The summed E-state index contributed by atoms with van der Waals surface area (Å²) in [6, 6.07) is 0. The molecular weight excluding hydrogens is 406 g/mol. The monoisotopic (exact) mass is 441 g/mol. The number of nitrogens with one attached hydrogen (secondary N) is 2. The third-order valence-electron chi connectivity index (χ3n) is 4.81. The van der Waals surface area contributed by atoms with Gasteiger partial charge in [0.2, 0.25) is 23.6 Å². The average molecular weight is 442 g/mol. The van der Waals surface area contributed by atoms with E-state index in [1.54, 1.807) is 6.92 Å². The number of ether oxygens (including phenoxy) is 1. The van der Waals surface area contributed by atoms with Crippen LogP contribution in [0.25, 0.3) is 0 Å². The van der Waals surface area contributed by atoms with E-state index in [2.05, 4.69) is 10.8 Å². The number of hydrogen-bond acceptors (Lipinski definition) is 7. The number of carbonyl (C=O) groups excluding carboxylic acids is 5. The van der Waals surface area contributed by atoms with Crippen LogP contribution in [0.1, 0.15) is 53.9 Å². The minimum atomic E-state index is -0.528. The molecule has 1 unspecified atom stereocenters. The Kier molecular flexibility index (Phi) is 10.3. The molecule has 1 rings (SSSR count). The van der Waals surface area contributed by atoms with E-state index in [0.717, 1.165) is 11.2 Å². The zero-order chi connectivity index (χ0) is 23.7. The molecule has 1 aliphatic rings. The Morgan fingerprint density at radius 3 is 2.35 bits per heavy atom. The molecule has 10 nitrogen and oxygen atoms in total. The van der Waals surface area contributed by atoms with Crippen molar-refractivity contribution in [1.29, 1.82) is 0 Å². The SMILES string of the molecule is CC1CC(=O)N(CCC(=O)NOCC(=O)NCC(C)(C)COCC(C)(C)CC=O)C1=O. The maximum Gasteiger partial charge on any atom is 0.248 e. The fraction of sp³-hybridized carbons (Fsp3) is 0.762. The highest BCUT2D eigenvalue weighted by Crippen LogP contribution is 2.21. The average Bonchev–Trinajstić information content (AvgIpc) is 2.89. The van der Waals surface area contributed by atoms with E-state index in [-0.39, 0.29) is 54.6 Å². The summed E-state index contributed by atoms with van der Waals surface area (Å²) in [4.78, 5) is 63.8. The number of rotatable bonds is 14. The molecule has 0 aliphatic carbocycles. The lowest BCUT2D eigenvalue weighted by Crippen LogP contribution is -2.40. The van der Waals surface area contributed by atoms with Crippen LogP contribution in [0.3, 0.4) is 0 Å². The van der Waals surface area contributed by atoms with Crippen molar-refractivity contribution in [3.63, 3.8) is 0 Å². The number of hydroxylamine groups is 1. The molecule has 2 N–H and O–H groups in total. The van der Waals surface area contributed by atoms with Crippen LogP contribution in [0.2, 0.25) is 0 Å². The molecule has 0 aromatic rings. The van der Waals surface area contributed by atoms with Gasteiger partial charge in [0.15, 0.2) is 6.61 Å². The third kappa shape index (κ3) is 10.0. The Morgan fingerprint density at radius 2 is 1.77 bits per heavy atom. The number of aldehydes is 1. The van der Waals surface area contributed by atoms with E-state index in [4.69, 9.17) is 9.57 Å². The summed E-state index contributed by atoms with van der Waals surface area (Å²) in [5, 5.41) is 2.71. The molecule has 0 aromatic carbocycles. The van der Waals surface area contributed by atoms with E-state index < -0.39 is 11.8 Å². The van der Waals surface area contributed by atoms with E-state index >= 15 is 0 Å². The number of hydrogen-bond donors (Lipinski definition) is 2. The number of imide groups is 1. The predicted octanol–water partition coefficient (Wildman–Crippen LogP) is 0.594. The van der Waals surface area contributed by atoms with Crippen molar-refractivity contribution in [3.05, 3.63) is 0 Å². The second kappa shape index (κ2) is 11.9. The summed E-state index contributed by atoms with van der Waals surface area (Å²) in [5.74, 6) is -1.86. The molecule has 1 saturated heterocycles. The summed E-state index contributed by atoms with van der Waals surface area (Å²) in [6.07, 6.45) is 1.35. The molecule has 1 aliphatic heterocycles. The normalized spacial score (nSPS) is 17.1. The quantitative estimate of drug-likeness (QED) is 0.229. The predicted molar refractivity (Wildman–Crippen MR) is 111 cm³/mol. The molecule has 1 heterocycles. The summed E-state index contributed by atoms with van der Waals surface area (Å²) >= 11 is 0. The molecule has 0 saturated carbocycles. The molecule has 176 valence electrons. The minimum absolute atomic E-state index is 0.0127. The molecule has 4 amide bonds. The van der Waals surface area contributed by atoms with Crippen LogP contribution in [0.4, 0.5) is 0 Å². The van der Waals surface area contributed by atoms with Gasteiger partial charge in [0.1, 0.15) is 6.29 Å². The van der Waals surface area contributed by atoms with Crippen LogP contribution in [-0.4, -0.2) is 67.7 Å². The van der Waals surface area contributed by atoms with Gasteiger partial charge >= 0.3 is 0 Å². The molecule has 31 heavy (non-hydrogen) atoms. The van der Waals surface area contributed by atoms with Gasteiger partial charge in [0.05, 0.1) is 13.2 Å². The van der Waals surface area contributed by atoms with Crippen LogP contribution in [0.5, 0.6) is 0 Å². The van der Waals surface area contributed by atoms with Gasteiger partial charge in [-0.1, -0.05) is 34.6 Å². The van der Waals surface area contributed by atoms with Gasteiger partial charge in [-0.2, -0.15) is 0 Å². The minimum Gasteiger partial charge on any atom is -0.380 e. The number of amides is 4. The van der Waals surface area contributed by atoms with Crippen molar-refractivity contribution < 1.29 is 33.5 Å². The topological polar surface area (TPSA) is 131 Å². The second-order valence-corrected chi connectivity index (χ2v) is 9.52. The number of carbonyl (C=O) groups is 5. The van der Waals surface area contributed by atoms with Crippen molar-refractivity contribution in [3.8, 4) is 0 Å². The Bertz CT molecular complexity index is 676. The third-order valence-corrected chi connectivity index (χ3v) is 4.81. The second-order valence-electron chi connectivity index (χ2n) is 9.52. The Labute approximate surface area is 183 Å². The van der Waals surface area contributed by atoms with Crippen molar-refractivity contribution in [1.82, 2.24) is 15.7 Å². The van der Waals surface area contributed by atoms with Crippen molar-refractivity contribution in [2.75, 3.05) is 32.9 Å². The van der Waals surface area contributed by atoms with E-state index in [9.17, 15) is 24.0 Å². The fourth-order valence-corrected chi connectivity index (χ4v) is 2.86. The summed E-state index contributed by atoms with van der Waals surface area (Å²) in [7, 11) is 0. The lowest BCUT2D eigenvalue weighted by Gasteiger charge is -2.28. The van der Waals surface area contributed by atoms with Crippen molar-refractivity contribution in [2.45, 2.75) is 53.9 Å². The molecule has 0 radical (unpaired) electrons. The van der Waals surface area contributed by atoms with Crippen molar-refractivity contribution >= 4 is 29.9 Å². The van der Waals surface area contributed by atoms with Crippen LogP contribution in [0.15, 0.2) is 0 Å². The van der Waals surface area contributed by atoms with Crippen LogP contribution in [0, 0.1) is 16.7 Å². The van der Waals surface area contributed by atoms with Gasteiger partial charge in [0.25, 0.3) is 0 Å². The molecule has 0 aromatic heterocycles. The fourth-order valence-electron chi connectivity index (χ4n) is 2.86. The first-order valence-electron chi connectivity index (χ1n) is 10.4. The maximum absolute atomic E-state index is 11.9. The molecule has 10 heteroatoms. The zero-order valence-corrected chi connectivity index (χ0v) is 19.1. The van der Waals surface area contributed by atoms with Crippen LogP contribution >= 0.6 is 0 Å². The van der Waals surface area contributed by atoms with Gasteiger partial charge in [-0.05, 0) is 5.41 Å². The first-order valence-corrected chi connectivity index (χ1v) is 10.4. The Hall–Kier alpha value is -2.33. The summed E-state index contributed by atoms with van der Waals surface area (Å²) < 4.78 is 5.70. The van der Waals surface area contributed by atoms with E-state index in [1.165, 1.54) is 0 Å². The zero-order valence-electron chi connectivity index (χ0n) is 19.1. The van der Waals surface area contributed by atoms with Crippen LogP contribution < -0.4 is 10.8 Å². The smallest absolute Gasteiger partial charge is 0.248 e.